The van der Waals surface area contributed by atoms with Crippen LogP contribution in [-0.4, -0.2) is 55.4 Å². The van der Waals surface area contributed by atoms with Crippen molar-refractivity contribution in [1.29, 1.82) is 0 Å². The number of hydrogen-bond acceptors (Lipinski definition) is 5. The second-order valence-electron chi connectivity index (χ2n) is 5.16. The van der Waals surface area contributed by atoms with Crippen molar-refractivity contribution in [3.63, 3.8) is 0 Å². The maximum atomic E-state index is 9.73. The third kappa shape index (κ3) is 5.74. The van der Waals surface area contributed by atoms with Gasteiger partial charge < -0.3 is 24.5 Å². The van der Waals surface area contributed by atoms with Gasteiger partial charge in [0.25, 0.3) is 0 Å². The molecule has 108 valence electrons. The first kappa shape index (κ1) is 14.5. The van der Waals surface area contributed by atoms with E-state index >= 15 is 0 Å². The van der Waals surface area contributed by atoms with E-state index in [-0.39, 0.29) is 0 Å². The molecule has 1 aromatic heterocycles. The molecule has 1 unspecified atom stereocenters. The lowest BCUT2D eigenvalue weighted by Gasteiger charge is -2.17. The van der Waals surface area contributed by atoms with Crippen LogP contribution in [0.4, 0.5) is 0 Å². The lowest BCUT2D eigenvalue weighted by molar-refractivity contribution is 0.0226. The Morgan fingerprint density at radius 1 is 1.58 bits per heavy atom. The summed E-state index contributed by atoms with van der Waals surface area (Å²) in [5.41, 5.74) is 0. The van der Waals surface area contributed by atoms with Crippen LogP contribution >= 0.6 is 0 Å². The molecule has 0 saturated heterocycles. The van der Waals surface area contributed by atoms with Gasteiger partial charge in [0, 0.05) is 25.7 Å². The summed E-state index contributed by atoms with van der Waals surface area (Å²) in [5.74, 6) is 0.784. The van der Waals surface area contributed by atoms with Crippen molar-refractivity contribution < 1.29 is 14.3 Å². The fraction of sp³-hybridized carbons (Fsp3) is 0.714. The maximum Gasteiger partial charge on any atom is 0.129 e. The number of nitrogens with zero attached hydrogens (tertiary/aromatic N) is 1. The summed E-state index contributed by atoms with van der Waals surface area (Å²) in [6.07, 6.45) is 3.81. The summed E-state index contributed by atoms with van der Waals surface area (Å²) in [7, 11) is 2.16. The smallest absolute Gasteiger partial charge is 0.129 e. The molecule has 1 atom stereocenters. The fourth-order valence-electron chi connectivity index (χ4n) is 1.97. The van der Waals surface area contributed by atoms with E-state index < -0.39 is 6.10 Å². The van der Waals surface area contributed by atoms with Gasteiger partial charge in [0.2, 0.25) is 0 Å². The van der Waals surface area contributed by atoms with Crippen molar-refractivity contribution in [1.82, 2.24) is 10.2 Å². The van der Waals surface area contributed by atoms with Crippen molar-refractivity contribution in [2.75, 3.05) is 33.3 Å². The Hall–Kier alpha value is -0.880. The molecule has 2 rings (SSSR count). The molecule has 5 nitrogen and oxygen atoms in total. The summed E-state index contributed by atoms with van der Waals surface area (Å²) in [5, 5.41) is 13.0. The van der Waals surface area contributed by atoms with Gasteiger partial charge in [-0.05, 0) is 32.0 Å². The summed E-state index contributed by atoms with van der Waals surface area (Å²) in [6, 6.07) is 4.48. The highest BCUT2D eigenvalue weighted by molar-refractivity contribution is 4.96. The topological polar surface area (TPSA) is 57.9 Å². The van der Waals surface area contributed by atoms with Crippen LogP contribution < -0.4 is 5.32 Å². The average Bonchev–Trinajstić information content (AvgIpc) is 3.13. The molecule has 1 fully saturated rings. The molecule has 0 amide bonds. The number of furan rings is 1. The van der Waals surface area contributed by atoms with Crippen LogP contribution in [0.25, 0.3) is 0 Å². The summed E-state index contributed by atoms with van der Waals surface area (Å²) < 4.78 is 10.5. The molecular weight excluding hydrogens is 244 g/mol. The molecule has 1 aliphatic rings. The largest absolute Gasteiger partial charge is 0.467 e. The highest BCUT2D eigenvalue weighted by Gasteiger charge is 2.25. The van der Waals surface area contributed by atoms with Gasteiger partial charge in [0.15, 0.2) is 0 Å². The van der Waals surface area contributed by atoms with Crippen molar-refractivity contribution in [2.24, 2.45) is 0 Å². The van der Waals surface area contributed by atoms with E-state index in [1.165, 1.54) is 12.8 Å². The lowest BCUT2D eigenvalue weighted by atomic mass is 10.3. The van der Waals surface area contributed by atoms with Gasteiger partial charge in [-0.25, -0.2) is 0 Å². The van der Waals surface area contributed by atoms with Gasteiger partial charge in [-0.1, -0.05) is 0 Å². The molecule has 0 radical (unpaired) electrons. The number of hydrogen-bond donors (Lipinski definition) is 2. The van der Waals surface area contributed by atoms with Crippen LogP contribution in [0, 0.1) is 0 Å². The molecule has 1 aliphatic carbocycles. The van der Waals surface area contributed by atoms with E-state index in [2.05, 4.69) is 17.3 Å². The Bertz CT molecular complexity index is 338. The summed E-state index contributed by atoms with van der Waals surface area (Å²) in [4.78, 5) is 2.37. The summed E-state index contributed by atoms with van der Waals surface area (Å²) in [6.45, 7) is 3.24. The monoisotopic (exact) mass is 268 g/mol. The molecule has 0 aromatic carbocycles. The first-order chi connectivity index (χ1) is 9.25. The van der Waals surface area contributed by atoms with Crippen LogP contribution in [0.5, 0.6) is 0 Å². The van der Waals surface area contributed by atoms with Crippen LogP contribution in [0.15, 0.2) is 22.8 Å². The van der Waals surface area contributed by atoms with Gasteiger partial charge in [-0.15, -0.1) is 0 Å². The van der Waals surface area contributed by atoms with Crippen molar-refractivity contribution in [3.8, 4) is 0 Å². The number of aliphatic hydroxyl groups excluding tert-OH is 1. The number of aliphatic hydroxyl groups is 1. The van der Waals surface area contributed by atoms with E-state index in [1.54, 1.807) is 6.26 Å². The molecular formula is C14H24N2O3. The maximum absolute atomic E-state index is 9.73. The van der Waals surface area contributed by atoms with E-state index in [0.29, 0.717) is 19.8 Å². The zero-order chi connectivity index (χ0) is 13.5. The lowest BCUT2D eigenvalue weighted by Crippen LogP contribution is -2.36. The molecule has 1 saturated carbocycles. The van der Waals surface area contributed by atoms with E-state index in [4.69, 9.17) is 9.15 Å². The second kappa shape index (κ2) is 7.65. The Morgan fingerprint density at radius 3 is 3.11 bits per heavy atom. The van der Waals surface area contributed by atoms with E-state index in [1.807, 2.05) is 12.1 Å². The SMILES string of the molecule is CN(CCNCC(O)COCc1ccco1)C1CC1. The number of rotatable bonds is 10. The fourth-order valence-corrected chi connectivity index (χ4v) is 1.97. The van der Waals surface area contributed by atoms with Gasteiger partial charge in [-0.2, -0.15) is 0 Å². The van der Waals surface area contributed by atoms with Crippen molar-refractivity contribution in [2.45, 2.75) is 31.6 Å². The Balaban J connectivity index is 1.44. The minimum Gasteiger partial charge on any atom is -0.467 e. The molecule has 1 heterocycles. The molecule has 19 heavy (non-hydrogen) atoms. The normalized spacial score (nSPS) is 17.0. The summed E-state index contributed by atoms with van der Waals surface area (Å²) >= 11 is 0. The Morgan fingerprint density at radius 2 is 2.42 bits per heavy atom. The molecule has 5 heteroatoms. The van der Waals surface area contributed by atoms with Gasteiger partial charge in [0.1, 0.15) is 12.4 Å². The zero-order valence-corrected chi connectivity index (χ0v) is 11.5. The molecule has 0 bridgehead atoms. The quantitative estimate of drug-likeness (QED) is 0.616. The van der Waals surface area contributed by atoms with Crippen LogP contribution in [0.2, 0.25) is 0 Å². The number of ether oxygens (including phenoxy) is 1. The minimum atomic E-state index is -0.471. The van der Waals surface area contributed by atoms with Gasteiger partial charge in [0.05, 0.1) is 19.0 Å². The zero-order valence-electron chi connectivity index (χ0n) is 11.5. The van der Waals surface area contributed by atoms with Crippen molar-refractivity contribution in [3.05, 3.63) is 24.2 Å². The van der Waals surface area contributed by atoms with Gasteiger partial charge in [-0.3, -0.25) is 0 Å². The predicted octanol–water partition coefficient (Wildman–Crippen LogP) is 0.841. The molecule has 2 N–H and O–H groups in total. The highest BCUT2D eigenvalue weighted by atomic mass is 16.5. The molecule has 1 aromatic rings. The van der Waals surface area contributed by atoms with Crippen molar-refractivity contribution >= 4 is 0 Å². The molecule has 0 aliphatic heterocycles. The predicted molar refractivity (Wildman–Crippen MR) is 72.9 cm³/mol. The Labute approximate surface area is 114 Å². The first-order valence-electron chi connectivity index (χ1n) is 6.95. The molecule has 0 spiro atoms. The van der Waals surface area contributed by atoms with Gasteiger partial charge >= 0.3 is 0 Å². The van der Waals surface area contributed by atoms with Crippen LogP contribution in [0.1, 0.15) is 18.6 Å². The first-order valence-corrected chi connectivity index (χ1v) is 6.95. The number of likely N-dealkylation sites (N-methyl/N-ethyl adjacent to an activating group) is 1. The minimum absolute atomic E-state index is 0.326. The average molecular weight is 268 g/mol. The second-order valence-corrected chi connectivity index (χ2v) is 5.16. The third-order valence-electron chi connectivity index (χ3n) is 3.33. The Kier molecular flexibility index (Phi) is 5.85. The van der Waals surface area contributed by atoms with E-state index in [0.717, 1.165) is 24.9 Å². The third-order valence-corrected chi connectivity index (χ3v) is 3.33. The van der Waals surface area contributed by atoms with Crippen LogP contribution in [-0.2, 0) is 11.3 Å². The van der Waals surface area contributed by atoms with Crippen LogP contribution in [0.3, 0.4) is 0 Å². The standard InChI is InChI=1S/C14H24N2O3/c1-16(12-4-5-12)7-6-15-9-13(17)10-18-11-14-3-2-8-19-14/h2-3,8,12-13,15,17H,4-7,9-11H2,1H3. The van der Waals surface area contributed by atoms with E-state index in [9.17, 15) is 5.11 Å². The number of nitrogens with one attached hydrogen (secondary N) is 1. The highest BCUT2D eigenvalue weighted by Crippen LogP contribution is 2.24.